The first kappa shape index (κ1) is 13.5. The fourth-order valence-electron chi connectivity index (χ4n) is 1.90. The van der Waals surface area contributed by atoms with Crippen LogP contribution in [0.5, 0.6) is 0 Å². The van der Waals surface area contributed by atoms with Gasteiger partial charge in [-0.3, -0.25) is 4.21 Å². The number of rotatable bonds is 4. The van der Waals surface area contributed by atoms with Crippen molar-refractivity contribution in [1.82, 2.24) is 0 Å². The molecule has 1 rings (SSSR count). The van der Waals surface area contributed by atoms with E-state index < -0.39 is 28.6 Å². The molecule has 0 spiro atoms. The Bertz CT molecular complexity index is 291. The summed E-state index contributed by atoms with van der Waals surface area (Å²) in [5, 5.41) is 8.37. The molecule has 0 aliphatic heterocycles. The summed E-state index contributed by atoms with van der Waals surface area (Å²) >= 11 is 0. The molecule has 0 bridgehead atoms. The first-order chi connectivity index (χ1) is 7.43. The van der Waals surface area contributed by atoms with Crippen LogP contribution in [0.3, 0.4) is 0 Å². The highest BCUT2D eigenvalue weighted by molar-refractivity contribution is 7.85. The molecular formula is C10H14F3NOS. The van der Waals surface area contributed by atoms with Crippen LogP contribution < -0.4 is 0 Å². The van der Waals surface area contributed by atoms with Crippen molar-refractivity contribution in [3.63, 3.8) is 0 Å². The van der Waals surface area contributed by atoms with Gasteiger partial charge in [0.2, 0.25) is 0 Å². The summed E-state index contributed by atoms with van der Waals surface area (Å²) in [7, 11) is -1.53. The molecule has 2 nitrogen and oxygen atoms in total. The second-order valence-electron chi connectivity index (χ2n) is 4.15. The lowest BCUT2D eigenvalue weighted by Crippen LogP contribution is -2.28. The Balaban J connectivity index is 2.40. The second-order valence-corrected chi connectivity index (χ2v) is 5.69. The molecule has 0 heterocycles. The minimum Gasteiger partial charge on any atom is -0.260 e. The Morgan fingerprint density at radius 1 is 1.38 bits per heavy atom. The zero-order valence-corrected chi connectivity index (χ0v) is 9.61. The molecule has 0 aromatic carbocycles. The molecule has 16 heavy (non-hydrogen) atoms. The maximum absolute atomic E-state index is 12.2. The Morgan fingerprint density at radius 2 is 1.94 bits per heavy atom. The molecular weight excluding hydrogens is 239 g/mol. The van der Waals surface area contributed by atoms with Gasteiger partial charge in [0.25, 0.3) is 0 Å². The molecule has 1 aliphatic rings. The molecule has 1 fully saturated rings. The van der Waals surface area contributed by atoms with Gasteiger partial charge >= 0.3 is 6.18 Å². The SMILES string of the molecule is N#CC(CS(=O)CC1CCCC1)C(F)(F)F. The molecule has 1 aliphatic carbocycles. The normalized spacial score (nSPS) is 21.6. The summed E-state index contributed by atoms with van der Waals surface area (Å²) in [6.45, 7) is 0. The van der Waals surface area contributed by atoms with E-state index >= 15 is 0 Å². The highest BCUT2D eigenvalue weighted by atomic mass is 32.2. The van der Waals surface area contributed by atoms with Gasteiger partial charge in [-0.05, 0) is 18.8 Å². The van der Waals surface area contributed by atoms with Crippen LogP contribution in [0.1, 0.15) is 25.7 Å². The van der Waals surface area contributed by atoms with E-state index in [1.54, 1.807) is 0 Å². The van der Waals surface area contributed by atoms with E-state index in [2.05, 4.69) is 0 Å². The standard InChI is InChI=1S/C10H14F3NOS/c11-10(12,13)9(5-14)7-16(15)6-8-3-1-2-4-8/h8-9H,1-4,6-7H2. The smallest absolute Gasteiger partial charge is 0.260 e. The van der Waals surface area contributed by atoms with Gasteiger partial charge < -0.3 is 0 Å². The van der Waals surface area contributed by atoms with Crippen molar-refractivity contribution in [2.75, 3.05) is 11.5 Å². The van der Waals surface area contributed by atoms with Crippen LogP contribution in [0.2, 0.25) is 0 Å². The fourth-order valence-corrected chi connectivity index (χ4v) is 3.53. The Hall–Kier alpha value is -0.570. The number of alkyl halides is 3. The summed E-state index contributed by atoms with van der Waals surface area (Å²) in [5.74, 6) is -2.06. The number of hydrogen-bond donors (Lipinski definition) is 0. The molecule has 0 N–H and O–H groups in total. The van der Waals surface area contributed by atoms with Crippen molar-refractivity contribution in [2.45, 2.75) is 31.9 Å². The molecule has 2 atom stereocenters. The van der Waals surface area contributed by atoms with E-state index in [4.69, 9.17) is 5.26 Å². The van der Waals surface area contributed by atoms with Crippen LogP contribution in [-0.4, -0.2) is 21.9 Å². The van der Waals surface area contributed by atoms with Crippen LogP contribution in [0, 0.1) is 23.2 Å². The summed E-state index contributed by atoms with van der Waals surface area (Å²) in [6, 6.07) is 1.18. The van der Waals surface area contributed by atoms with Gasteiger partial charge in [0.15, 0.2) is 5.92 Å². The lowest BCUT2D eigenvalue weighted by molar-refractivity contribution is -0.153. The third kappa shape index (κ3) is 4.12. The predicted octanol–water partition coefficient (Wildman–Crippen LogP) is 2.63. The third-order valence-electron chi connectivity index (χ3n) is 2.80. The van der Waals surface area contributed by atoms with Crippen molar-refractivity contribution >= 4 is 10.8 Å². The fraction of sp³-hybridized carbons (Fsp3) is 0.900. The maximum atomic E-state index is 12.2. The highest BCUT2D eigenvalue weighted by Crippen LogP contribution is 2.29. The Kier molecular flexibility index (Phi) is 4.78. The number of nitriles is 1. The van der Waals surface area contributed by atoms with E-state index in [0.29, 0.717) is 5.75 Å². The second kappa shape index (κ2) is 5.67. The monoisotopic (exact) mass is 253 g/mol. The average molecular weight is 253 g/mol. The first-order valence-corrected chi connectivity index (χ1v) is 6.73. The molecule has 6 heteroatoms. The molecule has 0 aromatic heterocycles. The van der Waals surface area contributed by atoms with E-state index in [1.807, 2.05) is 0 Å². The van der Waals surface area contributed by atoms with Crippen LogP contribution in [0.4, 0.5) is 13.2 Å². The topological polar surface area (TPSA) is 40.9 Å². The van der Waals surface area contributed by atoms with Crippen LogP contribution in [0.25, 0.3) is 0 Å². The third-order valence-corrected chi connectivity index (χ3v) is 4.35. The first-order valence-electron chi connectivity index (χ1n) is 5.24. The number of nitrogens with zero attached hydrogens (tertiary/aromatic N) is 1. The molecule has 0 radical (unpaired) electrons. The van der Waals surface area contributed by atoms with Crippen molar-refractivity contribution in [1.29, 1.82) is 5.26 Å². The van der Waals surface area contributed by atoms with E-state index in [1.165, 1.54) is 6.07 Å². The van der Waals surface area contributed by atoms with Gasteiger partial charge in [0, 0.05) is 22.3 Å². The van der Waals surface area contributed by atoms with Crippen molar-refractivity contribution in [2.24, 2.45) is 11.8 Å². The van der Waals surface area contributed by atoms with E-state index in [0.717, 1.165) is 25.7 Å². The quantitative estimate of drug-likeness (QED) is 0.772. The molecule has 0 amide bonds. The van der Waals surface area contributed by atoms with Crippen molar-refractivity contribution < 1.29 is 17.4 Å². The van der Waals surface area contributed by atoms with Gasteiger partial charge in [0.1, 0.15) is 0 Å². The molecule has 1 saturated carbocycles. The molecule has 92 valence electrons. The van der Waals surface area contributed by atoms with Crippen LogP contribution >= 0.6 is 0 Å². The average Bonchev–Trinajstić information content (AvgIpc) is 2.64. The van der Waals surface area contributed by atoms with Crippen molar-refractivity contribution in [3.8, 4) is 6.07 Å². The maximum Gasteiger partial charge on any atom is 0.405 e. The number of hydrogen-bond acceptors (Lipinski definition) is 2. The predicted molar refractivity (Wildman–Crippen MR) is 55.0 cm³/mol. The lowest BCUT2D eigenvalue weighted by atomic mass is 10.1. The zero-order chi connectivity index (χ0) is 12.2. The van der Waals surface area contributed by atoms with E-state index in [9.17, 15) is 17.4 Å². The van der Waals surface area contributed by atoms with Gasteiger partial charge in [-0.25, -0.2) is 0 Å². The van der Waals surface area contributed by atoms with Crippen LogP contribution in [0.15, 0.2) is 0 Å². The summed E-state index contributed by atoms with van der Waals surface area (Å²) in [4.78, 5) is 0. The molecule has 0 aromatic rings. The van der Waals surface area contributed by atoms with Crippen molar-refractivity contribution in [3.05, 3.63) is 0 Å². The zero-order valence-electron chi connectivity index (χ0n) is 8.79. The lowest BCUT2D eigenvalue weighted by Gasteiger charge is -2.14. The molecule has 2 unspecified atom stereocenters. The van der Waals surface area contributed by atoms with Gasteiger partial charge in [-0.15, -0.1) is 0 Å². The molecule has 0 saturated heterocycles. The van der Waals surface area contributed by atoms with Crippen LogP contribution in [-0.2, 0) is 10.8 Å². The summed E-state index contributed by atoms with van der Waals surface area (Å²) in [6.07, 6.45) is -0.504. The Labute approximate surface area is 95.3 Å². The number of halogens is 3. The highest BCUT2D eigenvalue weighted by Gasteiger charge is 2.41. The van der Waals surface area contributed by atoms with Gasteiger partial charge in [-0.2, -0.15) is 18.4 Å². The van der Waals surface area contributed by atoms with Gasteiger partial charge in [-0.1, -0.05) is 12.8 Å². The minimum absolute atomic E-state index is 0.286. The summed E-state index contributed by atoms with van der Waals surface area (Å²) < 4.78 is 48.2. The summed E-state index contributed by atoms with van der Waals surface area (Å²) in [5.41, 5.74) is 0. The largest absolute Gasteiger partial charge is 0.405 e. The van der Waals surface area contributed by atoms with Gasteiger partial charge in [0.05, 0.1) is 6.07 Å². The Morgan fingerprint density at radius 3 is 2.38 bits per heavy atom. The minimum atomic E-state index is -4.56. The van der Waals surface area contributed by atoms with E-state index in [-0.39, 0.29) is 5.92 Å².